The van der Waals surface area contributed by atoms with Crippen molar-refractivity contribution in [1.82, 2.24) is 9.62 Å². The van der Waals surface area contributed by atoms with E-state index in [0.717, 1.165) is 0 Å². The number of halogens is 1. The van der Waals surface area contributed by atoms with Gasteiger partial charge in [-0.3, -0.25) is 9.59 Å². The molecule has 1 aliphatic heterocycles. The van der Waals surface area contributed by atoms with Crippen molar-refractivity contribution >= 4 is 33.5 Å². The fourth-order valence-electron chi connectivity index (χ4n) is 2.71. The molecule has 0 aromatic heterocycles. The fourth-order valence-corrected chi connectivity index (χ4v) is 4.30. The maximum Gasteiger partial charge on any atom is 0.309 e. The molecule has 1 aromatic rings. The second-order valence-electron chi connectivity index (χ2n) is 6.46. The second kappa shape index (κ2) is 8.83. The van der Waals surface area contributed by atoms with E-state index in [1.807, 2.05) is 13.8 Å². The van der Waals surface area contributed by atoms with Crippen LogP contribution < -0.4 is 5.32 Å². The largest absolute Gasteiger partial charge is 0.455 e. The number of nitrogens with zero attached hydrogens (tertiary/aromatic N) is 1. The van der Waals surface area contributed by atoms with Crippen LogP contribution in [0.3, 0.4) is 0 Å². The van der Waals surface area contributed by atoms with Crippen molar-refractivity contribution in [1.29, 1.82) is 0 Å². The molecule has 1 aliphatic rings. The Kier molecular flexibility index (Phi) is 7.02. The van der Waals surface area contributed by atoms with Gasteiger partial charge in [0, 0.05) is 24.2 Å². The highest BCUT2D eigenvalue weighted by Gasteiger charge is 2.33. The highest BCUT2D eigenvalue weighted by molar-refractivity contribution is 7.89. The summed E-state index contributed by atoms with van der Waals surface area (Å²) in [5.41, 5.74) is 0. The van der Waals surface area contributed by atoms with Crippen molar-refractivity contribution in [2.75, 3.05) is 19.7 Å². The van der Waals surface area contributed by atoms with Gasteiger partial charge >= 0.3 is 5.97 Å². The molecule has 7 nitrogen and oxygen atoms in total. The number of nitrogens with one attached hydrogen (secondary N) is 1. The van der Waals surface area contributed by atoms with Crippen molar-refractivity contribution in [2.24, 2.45) is 5.92 Å². The second-order valence-corrected chi connectivity index (χ2v) is 8.84. The molecular weight excluding hydrogens is 380 g/mol. The lowest BCUT2D eigenvalue weighted by molar-refractivity contribution is -0.153. The lowest BCUT2D eigenvalue weighted by atomic mass is 9.98. The van der Waals surface area contributed by atoms with E-state index < -0.39 is 21.9 Å². The molecule has 2 rings (SSSR count). The highest BCUT2D eigenvalue weighted by Crippen LogP contribution is 2.25. The number of amides is 1. The van der Waals surface area contributed by atoms with Gasteiger partial charge in [0.25, 0.3) is 5.91 Å². The van der Waals surface area contributed by atoms with Crippen LogP contribution in [-0.2, 0) is 24.3 Å². The summed E-state index contributed by atoms with van der Waals surface area (Å²) in [6.45, 7) is 3.76. The van der Waals surface area contributed by atoms with Crippen LogP contribution in [0.15, 0.2) is 29.2 Å². The third-order valence-electron chi connectivity index (χ3n) is 4.03. The molecule has 9 heteroatoms. The van der Waals surface area contributed by atoms with Gasteiger partial charge in [0.15, 0.2) is 6.61 Å². The van der Waals surface area contributed by atoms with Gasteiger partial charge in [0.05, 0.1) is 10.8 Å². The number of esters is 1. The Balaban J connectivity index is 1.87. The Hall–Kier alpha value is -1.64. The van der Waals surface area contributed by atoms with E-state index in [-0.39, 0.29) is 36.5 Å². The highest BCUT2D eigenvalue weighted by atomic mass is 35.5. The van der Waals surface area contributed by atoms with Gasteiger partial charge in [-0.2, -0.15) is 4.31 Å². The van der Waals surface area contributed by atoms with E-state index in [4.69, 9.17) is 16.3 Å². The lowest BCUT2D eigenvalue weighted by Crippen LogP contribution is -2.41. The molecule has 0 atom stereocenters. The molecular formula is C17H23ClN2O5S. The average molecular weight is 403 g/mol. The van der Waals surface area contributed by atoms with Gasteiger partial charge in [-0.05, 0) is 51.0 Å². The van der Waals surface area contributed by atoms with Gasteiger partial charge in [-0.15, -0.1) is 0 Å². The summed E-state index contributed by atoms with van der Waals surface area (Å²) in [4.78, 5) is 23.8. The van der Waals surface area contributed by atoms with Crippen LogP contribution in [0.25, 0.3) is 0 Å². The standard InChI is InChI=1S/C17H23ClN2O5S/c1-12(2)19-16(21)11-25-17(22)13-7-9-20(10-8-13)26(23,24)15-5-3-14(18)4-6-15/h3-6,12-13H,7-11H2,1-2H3,(H,19,21). The smallest absolute Gasteiger partial charge is 0.309 e. The molecule has 1 fully saturated rings. The number of benzene rings is 1. The van der Waals surface area contributed by atoms with E-state index in [1.165, 1.54) is 28.6 Å². The Morgan fingerprint density at radius 1 is 1.23 bits per heavy atom. The maximum absolute atomic E-state index is 12.6. The molecule has 0 radical (unpaired) electrons. The molecule has 144 valence electrons. The predicted octanol–water partition coefficient (Wildman–Crippen LogP) is 1.81. The molecule has 1 saturated heterocycles. The molecule has 0 spiro atoms. The number of carbonyl (C=O) groups excluding carboxylic acids is 2. The zero-order valence-electron chi connectivity index (χ0n) is 14.8. The van der Waals surface area contributed by atoms with Gasteiger partial charge < -0.3 is 10.1 Å². The topological polar surface area (TPSA) is 92.8 Å². The summed E-state index contributed by atoms with van der Waals surface area (Å²) >= 11 is 5.79. The van der Waals surface area contributed by atoms with Gasteiger partial charge in [0.1, 0.15) is 0 Å². The summed E-state index contributed by atoms with van der Waals surface area (Å²) in [7, 11) is -3.61. The Labute approximate surface area is 158 Å². The van der Waals surface area contributed by atoms with Crippen molar-refractivity contribution < 1.29 is 22.7 Å². The zero-order chi connectivity index (χ0) is 19.3. The van der Waals surface area contributed by atoms with E-state index >= 15 is 0 Å². The van der Waals surface area contributed by atoms with Gasteiger partial charge in [-0.1, -0.05) is 11.6 Å². The number of sulfonamides is 1. The van der Waals surface area contributed by atoms with Crippen LogP contribution in [0.1, 0.15) is 26.7 Å². The molecule has 0 unspecified atom stereocenters. The third kappa shape index (κ3) is 5.43. The Bertz CT molecular complexity index is 741. The first-order valence-corrected chi connectivity index (χ1v) is 10.2. The first-order chi connectivity index (χ1) is 12.2. The summed E-state index contributed by atoms with van der Waals surface area (Å²) in [5, 5.41) is 3.10. The van der Waals surface area contributed by atoms with Crippen LogP contribution >= 0.6 is 11.6 Å². The van der Waals surface area contributed by atoms with Crippen LogP contribution in [-0.4, -0.2) is 50.3 Å². The summed E-state index contributed by atoms with van der Waals surface area (Å²) in [5.74, 6) is -1.22. The number of ether oxygens (including phenoxy) is 1. The molecule has 0 saturated carbocycles. The molecule has 1 aromatic carbocycles. The summed E-state index contributed by atoms with van der Waals surface area (Å²) in [6.07, 6.45) is 0.717. The fraction of sp³-hybridized carbons (Fsp3) is 0.529. The normalized spacial score (nSPS) is 16.5. The molecule has 1 N–H and O–H groups in total. The Morgan fingerprint density at radius 3 is 2.35 bits per heavy atom. The monoisotopic (exact) mass is 402 g/mol. The first kappa shape index (κ1) is 20.7. The van der Waals surface area contributed by atoms with Crippen molar-refractivity contribution in [3.63, 3.8) is 0 Å². The van der Waals surface area contributed by atoms with Crippen LogP contribution in [0, 0.1) is 5.92 Å². The van der Waals surface area contributed by atoms with Crippen LogP contribution in [0.4, 0.5) is 0 Å². The Morgan fingerprint density at radius 2 is 1.81 bits per heavy atom. The number of hydrogen-bond donors (Lipinski definition) is 1. The van der Waals surface area contributed by atoms with E-state index in [1.54, 1.807) is 0 Å². The molecule has 0 aliphatic carbocycles. The van der Waals surface area contributed by atoms with Gasteiger partial charge in [-0.25, -0.2) is 8.42 Å². The zero-order valence-corrected chi connectivity index (χ0v) is 16.3. The summed E-state index contributed by atoms with van der Waals surface area (Å²) < 4.78 is 31.6. The molecule has 1 heterocycles. The third-order valence-corrected chi connectivity index (χ3v) is 6.20. The molecule has 26 heavy (non-hydrogen) atoms. The number of piperidine rings is 1. The minimum atomic E-state index is -3.61. The quantitative estimate of drug-likeness (QED) is 0.732. The first-order valence-electron chi connectivity index (χ1n) is 8.42. The van der Waals surface area contributed by atoms with E-state index in [0.29, 0.717) is 17.9 Å². The average Bonchev–Trinajstić information content (AvgIpc) is 2.59. The van der Waals surface area contributed by atoms with Crippen LogP contribution in [0.5, 0.6) is 0 Å². The number of rotatable bonds is 6. The van der Waals surface area contributed by atoms with Crippen molar-refractivity contribution in [3.8, 4) is 0 Å². The SMILES string of the molecule is CC(C)NC(=O)COC(=O)C1CCN(S(=O)(=O)c2ccc(Cl)cc2)CC1. The van der Waals surface area contributed by atoms with E-state index in [9.17, 15) is 18.0 Å². The van der Waals surface area contributed by atoms with Crippen molar-refractivity contribution in [3.05, 3.63) is 29.3 Å². The van der Waals surface area contributed by atoms with Gasteiger partial charge in [0.2, 0.25) is 10.0 Å². The summed E-state index contributed by atoms with van der Waals surface area (Å²) in [6, 6.07) is 5.96. The minimum Gasteiger partial charge on any atom is -0.455 e. The number of hydrogen-bond acceptors (Lipinski definition) is 5. The minimum absolute atomic E-state index is 0.0254. The molecule has 0 bridgehead atoms. The van der Waals surface area contributed by atoms with E-state index in [2.05, 4.69) is 5.32 Å². The lowest BCUT2D eigenvalue weighted by Gasteiger charge is -2.30. The van der Waals surface area contributed by atoms with Crippen LogP contribution in [0.2, 0.25) is 5.02 Å². The maximum atomic E-state index is 12.6. The number of carbonyl (C=O) groups is 2. The predicted molar refractivity (Wildman–Crippen MR) is 97.2 cm³/mol. The molecule has 1 amide bonds. The van der Waals surface area contributed by atoms with Crippen molar-refractivity contribution in [2.45, 2.75) is 37.6 Å².